The van der Waals surface area contributed by atoms with Crippen LogP contribution in [0.1, 0.15) is 12.5 Å². The zero-order valence-electron chi connectivity index (χ0n) is 6.81. The lowest BCUT2D eigenvalue weighted by molar-refractivity contribution is 1.47. The van der Waals surface area contributed by atoms with E-state index < -0.39 is 0 Å². The summed E-state index contributed by atoms with van der Waals surface area (Å²) >= 11 is 0. The Balaban J connectivity index is 2.92. The molecule has 60 valence electrons. The highest BCUT2D eigenvalue weighted by atomic mass is 15.1. The van der Waals surface area contributed by atoms with Crippen molar-refractivity contribution in [1.82, 2.24) is 0 Å². The van der Waals surface area contributed by atoms with Crippen molar-refractivity contribution in [3.05, 3.63) is 46.3 Å². The van der Waals surface area contributed by atoms with Crippen molar-refractivity contribution in [3.63, 3.8) is 0 Å². The second-order valence-corrected chi connectivity index (χ2v) is 2.28. The molecule has 0 fully saturated rings. The van der Waals surface area contributed by atoms with Crippen LogP contribution in [0.3, 0.4) is 0 Å². The van der Waals surface area contributed by atoms with Crippen LogP contribution in [0.2, 0.25) is 0 Å². The second kappa shape index (κ2) is 4.21. The van der Waals surface area contributed by atoms with Crippen molar-refractivity contribution in [2.24, 2.45) is 5.11 Å². The van der Waals surface area contributed by atoms with Crippen molar-refractivity contribution in [2.45, 2.75) is 6.92 Å². The van der Waals surface area contributed by atoms with Crippen LogP contribution in [-0.2, 0) is 0 Å². The smallest absolute Gasteiger partial charge is 0.0375 e. The van der Waals surface area contributed by atoms with E-state index in [1.807, 2.05) is 31.2 Å². The van der Waals surface area contributed by atoms with Gasteiger partial charge in [-0.3, -0.25) is 0 Å². The Bertz CT molecular complexity index is 318. The van der Waals surface area contributed by atoms with E-state index in [1.165, 1.54) is 0 Å². The van der Waals surface area contributed by atoms with Crippen molar-refractivity contribution < 1.29 is 0 Å². The minimum Gasteiger partial charge on any atom is -0.0871 e. The second-order valence-electron chi connectivity index (χ2n) is 2.28. The monoisotopic (exact) mass is 159 g/mol. The van der Waals surface area contributed by atoms with Gasteiger partial charge in [0.05, 0.1) is 0 Å². The van der Waals surface area contributed by atoms with Crippen LogP contribution in [0.25, 0.3) is 16.5 Å². The zero-order valence-corrected chi connectivity index (χ0v) is 6.81. The van der Waals surface area contributed by atoms with E-state index in [1.54, 1.807) is 12.1 Å². The predicted molar refractivity (Wildman–Crippen MR) is 50.0 cm³/mol. The molecule has 12 heavy (non-hydrogen) atoms. The van der Waals surface area contributed by atoms with Crippen molar-refractivity contribution in [3.8, 4) is 0 Å². The van der Waals surface area contributed by atoms with Gasteiger partial charge in [-0.1, -0.05) is 41.5 Å². The van der Waals surface area contributed by atoms with E-state index in [-0.39, 0.29) is 0 Å². The molecule has 0 aliphatic carbocycles. The summed E-state index contributed by atoms with van der Waals surface area (Å²) in [5, 5.41) is 3.46. The van der Waals surface area contributed by atoms with Gasteiger partial charge < -0.3 is 0 Å². The van der Waals surface area contributed by atoms with Gasteiger partial charge in [0.1, 0.15) is 0 Å². The van der Waals surface area contributed by atoms with E-state index in [4.69, 9.17) is 5.53 Å². The average molecular weight is 159 g/mol. The van der Waals surface area contributed by atoms with Gasteiger partial charge in [-0.15, -0.1) is 0 Å². The summed E-state index contributed by atoms with van der Waals surface area (Å²) < 4.78 is 0. The van der Waals surface area contributed by atoms with Crippen molar-refractivity contribution in [1.29, 1.82) is 0 Å². The molecule has 0 saturated heterocycles. The summed E-state index contributed by atoms with van der Waals surface area (Å²) in [7, 11) is 0. The van der Waals surface area contributed by atoms with Gasteiger partial charge in [0.2, 0.25) is 0 Å². The first-order valence-electron chi connectivity index (χ1n) is 3.64. The molecule has 0 radical (unpaired) electrons. The molecule has 0 saturated carbocycles. The number of allylic oxidation sites excluding steroid dienone is 1. The summed E-state index contributed by atoms with van der Waals surface area (Å²) in [6.07, 6.45) is 3.95. The van der Waals surface area contributed by atoms with Gasteiger partial charge in [0.25, 0.3) is 0 Å². The first kappa shape index (κ1) is 8.37. The SMILES string of the molecule is C/C=C\c1ccc(N=[N+]=[N-])cc1. The lowest BCUT2D eigenvalue weighted by atomic mass is 10.2. The van der Waals surface area contributed by atoms with E-state index >= 15 is 0 Å². The fourth-order valence-corrected chi connectivity index (χ4v) is 0.896. The highest BCUT2D eigenvalue weighted by molar-refractivity contribution is 5.52. The van der Waals surface area contributed by atoms with Crippen LogP contribution in [0.5, 0.6) is 0 Å². The van der Waals surface area contributed by atoms with Crippen LogP contribution < -0.4 is 0 Å². The molecule has 1 rings (SSSR count). The maximum Gasteiger partial charge on any atom is 0.0375 e. The standard InChI is InChI=1S/C9H9N3/c1-2-3-8-4-6-9(7-5-8)11-12-10/h2-7H,1H3/b3-2-. The third-order valence-corrected chi connectivity index (χ3v) is 1.41. The van der Waals surface area contributed by atoms with Gasteiger partial charge in [0, 0.05) is 10.6 Å². The Labute approximate surface area is 71.0 Å². The third-order valence-electron chi connectivity index (χ3n) is 1.41. The molecule has 1 aromatic rings. The summed E-state index contributed by atoms with van der Waals surface area (Å²) in [6, 6.07) is 7.39. The molecule has 0 unspecified atom stereocenters. The minimum absolute atomic E-state index is 0.644. The summed E-state index contributed by atoms with van der Waals surface area (Å²) in [6.45, 7) is 1.96. The number of hydrogen-bond acceptors (Lipinski definition) is 1. The highest BCUT2D eigenvalue weighted by Gasteiger charge is 1.86. The fourth-order valence-electron chi connectivity index (χ4n) is 0.896. The fraction of sp³-hybridized carbons (Fsp3) is 0.111. The largest absolute Gasteiger partial charge is 0.0871 e. The Kier molecular flexibility index (Phi) is 2.94. The maximum atomic E-state index is 8.14. The number of azide groups is 1. The topological polar surface area (TPSA) is 48.8 Å². The highest BCUT2D eigenvalue weighted by Crippen LogP contribution is 2.13. The molecule has 3 heteroatoms. The molecule has 0 aliphatic heterocycles. The maximum absolute atomic E-state index is 8.14. The molecule has 0 N–H and O–H groups in total. The Morgan fingerprint density at radius 1 is 1.33 bits per heavy atom. The predicted octanol–water partition coefficient (Wildman–Crippen LogP) is 3.66. The van der Waals surface area contributed by atoms with Crippen molar-refractivity contribution in [2.75, 3.05) is 0 Å². The third kappa shape index (κ3) is 2.15. The van der Waals surface area contributed by atoms with Gasteiger partial charge in [-0.2, -0.15) is 0 Å². The zero-order chi connectivity index (χ0) is 8.81. The number of nitrogens with zero attached hydrogens (tertiary/aromatic N) is 3. The molecule has 0 atom stereocenters. The molecule has 0 amide bonds. The Morgan fingerprint density at radius 2 is 2.00 bits per heavy atom. The quantitative estimate of drug-likeness (QED) is 0.359. The van der Waals surface area contributed by atoms with Crippen LogP contribution >= 0.6 is 0 Å². The molecular formula is C9H9N3. The van der Waals surface area contributed by atoms with Crippen LogP contribution in [-0.4, -0.2) is 0 Å². The van der Waals surface area contributed by atoms with Crippen molar-refractivity contribution >= 4 is 11.8 Å². The van der Waals surface area contributed by atoms with Crippen LogP contribution in [0, 0.1) is 0 Å². The average Bonchev–Trinajstić information content (AvgIpc) is 2.09. The number of rotatable bonds is 2. The molecule has 0 aromatic heterocycles. The number of hydrogen-bond donors (Lipinski definition) is 0. The molecule has 0 spiro atoms. The van der Waals surface area contributed by atoms with Gasteiger partial charge in [-0.05, 0) is 18.0 Å². The normalized spacial score (nSPS) is 9.75. The lowest BCUT2D eigenvalue weighted by Crippen LogP contribution is -1.68. The first-order chi connectivity index (χ1) is 5.86. The Hall–Kier alpha value is -1.73. The number of benzene rings is 1. The van der Waals surface area contributed by atoms with Gasteiger partial charge in [-0.25, -0.2) is 0 Å². The van der Waals surface area contributed by atoms with E-state index in [0.717, 1.165) is 5.56 Å². The summed E-state index contributed by atoms with van der Waals surface area (Å²) in [5.41, 5.74) is 9.89. The molecule has 0 aliphatic rings. The van der Waals surface area contributed by atoms with Gasteiger partial charge >= 0.3 is 0 Å². The molecular weight excluding hydrogens is 150 g/mol. The Morgan fingerprint density at radius 3 is 2.50 bits per heavy atom. The van der Waals surface area contributed by atoms with Crippen LogP contribution in [0.15, 0.2) is 35.5 Å². The van der Waals surface area contributed by atoms with E-state index in [0.29, 0.717) is 5.69 Å². The van der Waals surface area contributed by atoms with E-state index in [9.17, 15) is 0 Å². The van der Waals surface area contributed by atoms with Gasteiger partial charge in [0.15, 0.2) is 0 Å². The first-order valence-corrected chi connectivity index (χ1v) is 3.64. The minimum atomic E-state index is 0.644. The summed E-state index contributed by atoms with van der Waals surface area (Å²) in [5.74, 6) is 0. The van der Waals surface area contributed by atoms with E-state index in [2.05, 4.69) is 10.0 Å². The molecule has 0 bridgehead atoms. The molecule has 1 aromatic carbocycles. The molecule has 3 nitrogen and oxygen atoms in total. The molecule has 0 heterocycles. The van der Waals surface area contributed by atoms with Crippen LogP contribution in [0.4, 0.5) is 5.69 Å². The lowest BCUT2D eigenvalue weighted by Gasteiger charge is -1.92. The summed E-state index contributed by atoms with van der Waals surface area (Å²) in [4.78, 5) is 2.69.